The van der Waals surface area contributed by atoms with E-state index in [2.05, 4.69) is 27.9 Å². The maximum Gasteiger partial charge on any atom is 0.339 e. The van der Waals surface area contributed by atoms with E-state index in [-0.39, 0.29) is 5.91 Å². The van der Waals surface area contributed by atoms with Gasteiger partial charge >= 0.3 is 5.97 Å². The summed E-state index contributed by atoms with van der Waals surface area (Å²) >= 11 is 2.14. The number of carbonyl (C=O) groups is 2. The first-order valence-electron chi connectivity index (χ1n) is 5.86. The average Bonchev–Trinajstić information content (AvgIpc) is 2.47. The van der Waals surface area contributed by atoms with Gasteiger partial charge in [-0.2, -0.15) is 0 Å². The largest absolute Gasteiger partial charge is 0.465 e. The number of methoxy groups -OCH3 is 1. The molecule has 0 atom stereocenters. The Morgan fingerprint density at radius 2 is 1.85 bits per heavy atom. The topological polar surface area (TPSA) is 55.4 Å². The van der Waals surface area contributed by atoms with Crippen molar-refractivity contribution in [3.05, 3.63) is 63.2 Å². The molecule has 0 aliphatic heterocycles. The van der Waals surface area contributed by atoms with Crippen molar-refractivity contribution in [3.63, 3.8) is 0 Å². The van der Waals surface area contributed by atoms with Crippen LogP contribution in [0.2, 0.25) is 0 Å². The molecule has 102 valence electrons. The number of rotatable bonds is 3. The van der Waals surface area contributed by atoms with Crippen LogP contribution in [0.5, 0.6) is 0 Å². The fourth-order valence-electron chi connectivity index (χ4n) is 1.70. The van der Waals surface area contributed by atoms with Crippen molar-refractivity contribution in [3.8, 4) is 0 Å². The number of benzene rings is 2. The van der Waals surface area contributed by atoms with E-state index in [1.165, 1.54) is 7.11 Å². The fraction of sp³-hybridized carbons (Fsp3) is 0.0667. The lowest BCUT2D eigenvalue weighted by atomic mass is 10.1. The van der Waals surface area contributed by atoms with E-state index >= 15 is 0 Å². The first-order valence-corrected chi connectivity index (χ1v) is 6.94. The Labute approximate surface area is 130 Å². The smallest absolute Gasteiger partial charge is 0.339 e. The van der Waals surface area contributed by atoms with Gasteiger partial charge in [-0.25, -0.2) is 4.79 Å². The number of nitrogens with one attached hydrogen (secondary N) is 1. The van der Waals surface area contributed by atoms with Gasteiger partial charge < -0.3 is 10.1 Å². The summed E-state index contributed by atoms with van der Waals surface area (Å²) in [6.45, 7) is 0. The van der Waals surface area contributed by atoms with Crippen LogP contribution in [0.4, 0.5) is 5.69 Å². The van der Waals surface area contributed by atoms with Gasteiger partial charge in [-0.05, 0) is 52.9 Å². The number of ether oxygens (including phenoxy) is 1. The highest BCUT2D eigenvalue weighted by Gasteiger charge is 2.14. The molecule has 0 saturated heterocycles. The summed E-state index contributed by atoms with van der Waals surface area (Å²) in [6, 6.07) is 13.9. The summed E-state index contributed by atoms with van der Waals surface area (Å²) < 4.78 is 5.66. The van der Waals surface area contributed by atoms with Crippen LogP contribution in [0.1, 0.15) is 20.7 Å². The minimum atomic E-state index is -0.483. The van der Waals surface area contributed by atoms with Crippen LogP contribution in [-0.2, 0) is 4.74 Å². The van der Waals surface area contributed by atoms with Crippen LogP contribution in [0.15, 0.2) is 48.5 Å². The zero-order valence-electron chi connectivity index (χ0n) is 10.7. The average molecular weight is 381 g/mol. The highest BCUT2D eigenvalue weighted by atomic mass is 127. The van der Waals surface area contributed by atoms with Gasteiger partial charge in [-0.3, -0.25) is 4.79 Å². The maximum atomic E-state index is 12.2. The van der Waals surface area contributed by atoms with Crippen molar-refractivity contribution in [2.75, 3.05) is 12.4 Å². The molecule has 0 fully saturated rings. The third kappa shape index (κ3) is 3.36. The van der Waals surface area contributed by atoms with E-state index in [1.54, 1.807) is 36.4 Å². The maximum absolute atomic E-state index is 12.2. The Hall–Kier alpha value is -1.89. The van der Waals surface area contributed by atoms with Gasteiger partial charge in [-0.15, -0.1) is 0 Å². The first-order chi connectivity index (χ1) is 9.61. The number of amides is 1. The number of esters is 1. The van der Waals surface area contributed by atoms with Crippen LogP contribution >= 0.6 is 22.6 Å². The van der Waals surface area contributed by atoms with E-state index in [9.17, 15) is 9.59 Å². The van der Waals surface area contributed by atoms with Crippen molar-refractivity contribution in [1.29, 1.82) is 0 Å². The molecule has 0 radical (unpaired) electrons. The fourth-order valence-corrected chi connectivity index (χ4v) is 2.25. The predicted molar refractivity (Wildman–Crippen MR) is 84.9 cm³/mol. The quantitative estimate of drug-likeness (QED) is 0.656. The van der Waals surface area contributed by atoms with Crippen LogP contribution in [0.25, 0.3) is 0 Å². The van der Waals surface area contributed by atoms with E-state index < -0.39 is 5.97 Å². The zero-order valence-corrected chi connectivity index (χ0v) is 12.9. The second-order valence-electron chi connectivity index (χ2n) is 4.00. The Bertz CT molecular complexity index is 655. The number of para-hydroxylation sites is 1. The molecule has 1 amide bonds. The van der Waals surface area contributed by atoms with Crippen LogP contribution in [0.3, 0.4) is 0 Å². The van der Waals surface area contributed by atoms with E-state index in [4.69, 9.17) is 4.74 Å². The summed E-state index contributed by atoms with van der Waals surface area (Å²) in [7, 11) is 1.31. The van der Waals surface area contributed by atoms with Gasteiger partial charge in [0.05, 0.1) is 18.4 Å². The van der Waals surface area contributed by atoms with Crippen molar-refractivity contribution in [2.24, 2.45) is 0 Å². The molecule has 0 aromatic heterocycles. The lowest BCUT2D eigenvalue weighted by Gasteiger charge is -2.09. The summed E-state index contributed by atoms with van der Waals surface area (Å²) in [4.78, 5) is 23.8. The molecule has 1 N–H and O–H groups in total. The molecular formula is C15H12INO3. The van der Waals surface area contributed by atoms with Crippen LogP contribution in [0, 0.1) is 3.57 Å². The highest BCUT2D eigenvalue weighted by Crippen LogP contribution is 2.17. The third-order valence-electron chi connectivity index (χ3n) is 2.67. The molecule has 0 aliphatic carbocycles. The molecular weight excluding hydrogens is 369 g/mol. The van der Waals surface area contributed by atoms with Crippen molar-refractivity contribution in [2.45, 2.75) is 0 Å². The van der Waals surface area contributed by atoms with Crippen molar-refractivity contribution in [1.82, 2.24) is 0 Å². The molecule has 0 aliphatic rings. The van der Waals surface area contributed by atoms with Crippen molar-refractivity contribution < 1.29 is 14.3 Å². The van der Waals surface area contributed by atoms with Crippen molar-refractivity contribution >= 4 is 40.2 Å². The molecule has 0 spiro atoms. The Morgan fingerprint density at radius 3 is 2.55 bits per heavy atom. The molecule has 0 unspecified atom stereocenters. The minimum Gasteiger partial charge on any atom is -0.465 e. The zero-order chi connectivity index (χ0) is 14.5. The normalized spacial score (nSPS) is 9.90. The first kappa shape index (κ1) is 14.5. The second-order valence-corrected chi connectivity index (χ2v) is 5.25. The van der Waals surface area contributed by atoms with Gasteiger partial charge in [0.1, 0.15) is 0 Å². The molecule has 4 nitrogen and oxygen atoms in total. The SMILES string of the molecule is COC(=O)c1ccccc1NC(=O)c1cccc(I)c1. The lowest BCUT2D eigenvalue weighted by Crippen LogP contribution is -2.15. The molecule has 0 bridgehead atoms. The van der Waals surface area contributed by atoms with Gasteiger partial charge in [-0.1, -0.05) is 18.2 Å². The minimum absolute atomic E-state index is 0.264. The van der Waals surface area contributed by atoms with E-state index in [1.807, 2.05) is 12.1 Å². The second kappa shape index (κ2) is 6.51. The molecule has 2 aromatic rings. The van der Waals surface area contributed by atoms with E-state index in [0.717, 1.165) is 3.57 Å². The molecule has 2 rings (SSSR count). The third-order valence-corrected chi connectivity index (χ3v) is 3.34. The number of carbonyl (C=O) groups excluding carboxylic acids is 2. The molecule has 0 saturated carbocycles. The van der Waals surface area contributed by atoms with Crippen LogP contribution in [-0.4, -0.2) is 19.0 Å². The van der Waals surface area contributed by atoms with Gasteiger partial charge in [0.2, 0.25) is 0 Å². The Kier molecular flexibility index (Phi) is 4.73. The summed E-state index contributed by atoms with van der Waals surface area (Å²) in [5.41, 5.74) is 1.30. The Morgan fingerprint density at radius 1 is 1.10 bits per heavy atom. The monoisotopic (exact) mass is 381 g/mol. The van der Waals surface area contributed by atoms with Crippen LogP contribution < -0.4 is 5.32 Å². The summed E-state index contributed by atoms with van der Waals surface area (Å²) in [5, 5.41) is 2.73. The Balaban J connectivity index is 2.26. The molecule has 0 heterocycles. The number of hydrogen-bond donors (Lipinski definition) is 1. The van der Waals surface area contributed by atoms with Gasteiger partial charge in [0.25, 0.3) is 5.91 Å². The van der Waals surface area contributed by atoms with Gasteiger partial charge in [0.15, 0.2) is 0 Å². The molecule has 2 aromatic carbocycles. The number of hydrogen-bond acceptors (Lipinski definition) is 3. The highest BCUT2D eigenvalue weighted by molar-refractivity contribution is 14.1. The standard InChI is InChI=1S/C15H12INO3/c1-20-15(19)12-7-2-3-8-13(12)17-14(18)10-5-4-6-11(16)9-10/h2-9H,1H3,(H,17,18). The summed E-state index contributed by atoms with van der Waals surface area (Å²) in [5.74, 6) is -0.747. The molecule has 5 heteroatoms. The lowest BCUT2D eigenvalue weighted by molar-refractivity contribution is 0.0602. The molecule has 20 heavy (non-hydrogen) atoms. The van der Waals surface area contributed by atoms with Gasteiger partial charge in [0, 0.05) is 9.13 Å². The number of halogens is 1. The predicted octanol–water partition coefficient (Wildman–Crippen LogP) is 3.33. The summed E-state index contributed by atoms with van der Waals surface area (Å²) in [6.07, 6.45) is 0. The number of anilines is 1. The van der Waals surface area contributed by atoms with E-state index in [0.29, 0.717) is 16.8 Å².